The van der Waals surface area contributed by atoms with E-state index in [1.807, 2.05) is 103 Å². The lowest BCUT2D eigenvalue weighted by atomic mass is 9.95. The zero-order valence-electron chi connectivity index (χ0n) is 32.8. The number of nitro benzene ring substituents is 2. The summed E-state index contributed by atoms with van der Waals surface area (Å²) in [5.74, 6) is 0. The maximum absolute atomic E-state index is 11.5. The second kappa shape index (κ2) is 18.7. The first-order chi connectivity index (χ1) is 29.9. The summed E-state index contributed by atoms with van der Waals surface area (Å²) in [5.41, 5.74) is 12.4. The third-order valence-electron chi connectivity index (χ3n) is 10.5. The number of rotatable bonds is 7. The Morgan fingerprint density at radius 1 is 0.459 bits per heavy atom. The molecule has 0 saturated carbocycles. The van der Waals surface area contributed by atoms with Crippen LogP contribution in [0.15, 0.2) is 219 Å². The number of nitro groups is 2. The molecule has 0 saturated heterocycles. The van der Waals surface area contributed by atoms with Crippen LogP contribution in [-0.2, 0) is 6.42 Å². The highest BCUT2D eigenvalue weighted by Crippen LogP contribution is 2.39. The van der Waals surface area contributed by atoms with E-state index in [1.165, 1.54) is 25.8 Å². The lowest BCUT2D eigenvalue weighted by Gasteiger charge is -2.09. The quantitative estimate of drug-likeness (QED) is 0.0905. The Hall–Kier alpha value is -7.43. The number of para-hydroxylation sites is 3. The third-order valence-corrected chi connectivity index (χ3v) is 11.2. The number of allylic oxidation sites excluding steroid dienone is 1. The topological polar surface area (TPSA) is 91.2 Å². The molecule has 61 heavy (non-hydrogen) atoms. The van der Waals surface area contributed by atoms with Gasteiger partial charge in [0.25, 0.3) is 11.4 Å². The van der Waals surface area contributed by atoms with Crippen LogP contribution in [0.4, 0.5) is 11.4 Å². The standard InChI is InChI=1S/C26H18N2O2.C21H15NO2.C6H5I/c29-28(30)25-14-8-7-13-22(25)20-15-16-23-24(19-9-3-1-4-10-19)18-27(26(23)17-20)21-11-5-2-6-12-21;23-22(24)21-9-5-4-8-20(21)17-11-13-19-16(14-17)10-12-18(19)15-6-2-1-3-7-15;7-6-4-2-1-3-5-6/h1-18H;1-9,11-14H,10H2;1-5H. The maximum atomic E-state index is 11.5. The zero-order chi connectivity index (χ0) is 42.1. The van der Waals surface area contributed by atoms with Crippen molar-refractivity contribution < 1.29 is 9.85 Å². The lowest BCUT2D eigenvalue weighted by molar-refractivity contribution is -0.384. The molecule has 1 aliphatic carbocycles. The smallest absolute Gasteiger partial charge is 0.277 e. The van der Waals surface area contributed by atoms with Crippen LogP contribution in [0.1, 0.15) is 16.7 Å². The summed E-state index contributed by atoms with van der Waals surface area (Å²) in [6, 6.07) is 66.9. The van der Waals surface area contributed by atoms with Gasteiger partial charge in [-0.25, -0.2) is 0 Å². The molecule has 10 rings (SSSR count). The summed E-state index contributed by atoms with van der Waals surface area (Å²) in [4.78, 5) is 22.1. The number of aromatic nitrogens is 1. The van der Waals surface area contributed by atoms with E-state index in [9.17, 15) is 20.2 Å². The second-order valence-corrected chi connectivity index (χ2v) is 15.5. The second-order valence-electron chi connectivity index (χ2n) is 14.3. The number of benzene rings is 8. The summed E-state index contributed by atoms with van der Waals surface area (Å²) in [6.45, 7) is 0. The van der Waals surface area contributed by atoms with E-state index < -0.39 is 0 Å². The monoisotopic (exact) mass is 907 g/mol. The highest BCUT2D eigenvalue weighted by atomic mass is 127. The molecular weight excluding hydrogens is 870 g/mol. The highest BCUT2D eigenvalue weighted by molar-refractivity contribution is 14.1. The number of hydrogen-bond donors (Lipinski definition) is 0. The van der Waals surface area contributed by atoms with E-state index in [0.717, 1.165) is 45.3 Å². The van der Waals surface area contributed by atoms with Crippen LogP contribution >= 0.6 is 22.6 Å². The number of halogens is 1. The Labute approximate surface area is 367 Å². The van der Waals surface area contributed by atoms with Gasteiger partial charge in [0.2, 0.25) is 0 Å². The van der Waals surface area contributed by atoms with Crippen molar-refractivity contribution in [3.63, 3.8) is 0 Å². The molecule has 9 aromatic rings. The largest absolute Gasteiger partial charge is 0.316 e. The predicted octanol–water partition coefficient (Wildman–Crippen LogP) is 14.4. The molecule has 1 heterocycles. The van der Waals surface area contributed by atoms with Crippen LogP contribution in [0.25, 0.3) is 55.5 Å². The molecule has 1 aliphatic rings. The van der Waals surface area contributed by atoms with Crippen LogP contribution in [0, 0.1) is 23.8 Å². The molecule has 0 radical (unpaired) electrons. The van der Waals surface area contributed by atoms with Crippen molar-refractivity contribution in [1.29, 1.82) is 0 Å². The van der Waals surface area contributed by atoms with Gasteiger partial charge in [-0.15, -0.1) is 0 Å². The molecular formula is C53H38IN3O4. The Kier molecular flexibility index (Phi) is 12.3. The van der Waals surface area contributed by atoms with Gasteiger partial charge < -0.3 is 4.57 Å². The molecule has 0 bridgehead atoms. The van der Waals surface area contributed by atoms with Crippen molar-refractivity contribution in [3.8, 4) is 39.1 Å². The van der Waals surface area contributed by atoms with E-state index in [-0.39, 0.29) is 21.2 Å². The fraction of sp³-hybridized carbons (Fsp3) is 0.0189. The first-order valence-corrected chi connectivity index (χ1v) is 20.8. The number of nitrogens with zero attached hydrogens (tertiary/aromatic N) is 3. The van der Waals surface area contributed by atoms with Crippen molar-refractivity contribution >= 4 is 50.4 Å². The summed E-state index contributed by atoms with van der Waals surface area (Å²) in [7, 11) is 0. The first-order valence-electron chi connectivity index (χ1n) is 19.7. The molecule has 0 spiro atoms. The molecule has 0 amide bonds. The lowest BCUT2D eigenvalue weighted by Crippen LogP contribution is -1.93. The van der Waals surface area contributed by atoms with Gasteiger partial charge in [0.1, 0.15) is 0 Å². The Morgan fingerprint density at radius 3 is 1.51 bits per heavy atom. The van der Waals surface area contributed by atoms with Crippen molar-refractivity contribution in [2.24, 2.45) is 0 Å². The first kappa shape index (κ1) is 40.4. The van der Waals surface area contributed by atoms with Gasteiger partial charge in [-0.05, 0) is 116 Å². The summed E-state index contributed by atoms with van der Waals surface area (Å²) in [6.07, 6.45) is 5.22. The van der Waals surface area contributed by atoms with E-state index in [2.05, 4.69) is 106 Å². The third kappa shape index (κ3) is 9.10. The van der Waals surface area contributed by atoms with Gasteiger partial charge in [-0.3, -0.25) is 20.2 Å². The van der Waals surface area contributed by atoms with Gasteiger partial charge in [-0.1, -0.05) is 152 Å². The Morgan fingerprint density at radius 2 is 0.951 bits per heavy atom. The van der Waals surface area contributed by atoms with E-state index in [4.69, 9.17) is 0 Å². The van der Waals surface area contributed by atoms with Crippen molar-refractivity contribution in [2.75, 3.05) is 0 Å². The average molecular weight is 908 g/mol. The van der Waals surface area contributed by atoms with Crippen molar-refractivity contribution in [3.05, 3.63) is 259 Å². The normalized spacial score (nSPS) is 11.3. The SMILES string of the molecule is Ic1ccccc1.O=[N+]([O-])c1ccccc1-c1ccc2c(-c3ccccc3)cn(-c3ccccc3)c2c1.O=[N+]([O-])c1ccccc1-c1ccc2c(c1)CC=C2c1ccccc1. The molecule has 0 atom stereocenters. The fourth-order valence-corrected chi connectivity index (χ4v) is 8.03. The Balaban J connectivity index is 0.000000148. The highest BCUT2D eigenvalue weighted by Gasteiger charge is 2.20. The van der Waals surface area contributed by atoms with E-state index in [0.29, 0.717) is 11.1 Å². The molecule has 0 fully saturated rings. The fourth-order valence-electron chi connectivity index (χ4n) is 7.62. The van der Waals surface area contributed by atoms with E-state index >= 15 is 0 Å². The van der Waals surface area contributed by atoms with Crippen LogP contribution < -0.4 is 0 Å². The van der Waals surface area contributed by atoms with Gasteiger partial charge >= 0.3 is 0 Å². The molecule has 1 aromatic heterocycles. The van der Waals surface area contributed by atoms with Crippen LogP contribution in [-0.4, -0.2) is 14.4 Å². The molecule has 0 N–H and O–H groups in total. The van der Waals surface area contributed by atoms with Crippen molar-refractivity contribution in [1.82, 2.24) is 4.57 Å². The minimum Gasteiger partial charge on any atom is -0.316 e. The molecule has 8 heteroatoms. The molecule has 7 nitrogen and oxygen atoms in total. The minimum absolute atomic E-state index is 0.109. The van der Waals surface area contributed by atoms with Crippen LogP contribution in [0.3, 0.4) is 0 Å². The van der Waals surface area contributed by atoms with Crippen LogP contribution in [0.2, 0.25) is 0 Å². The van der Waals surface area contributed by atoms with Gasteiger partial charge in [-0.2, -0.15) is 0 Å². The molecule has 0 unspecified atom stereocenters. The average Bonchev–Trinajstić information content (AvgIpc) is 3.92. The van der Waals surface area contributed by atoms with Gasteiger partial charge in [0, 0.05) is 38.5 Å². The zero-order valence-corrected chi connectivity index (χ0v) is 35.0. The molecule has 8 aromatic carbocycles. The van der Waals surface area contributed by atoms with Gasteiger partial charge in [0.15, 0.2) is 0 Å². The maximum Gasteiger partial charge on any atom is 0.277 e. The minimum atomic E-state index is -0.328. The van der Waals surface area contributed by atoms with E-state index in [1.54, 1.807) is 36.4 Å². The molecule has 296 valence electrons. The Bertz CT molecular complexity index is 3000. The predicted molar refractivity (Wildman–Crippen MR) is 256 cm³/mol. The number of fused-ring (bicyclic) bond motifs is 2. The summed E-state index contributed by atoms with van der Waals surface area (Å²) in [5, 5.41) is 23.9. The molecule has 0 aliphatic heterocycles. The van der Waals surface area contributed by atoms with Gasteiger partial charge in [0.05, 0.1) is 26.5 Å². The summed E-state index contributed by atoms with van der Waals surface area (Å²) < 4.78 is 3.44. The summed E-state index contributed by atoms with van der Waals surface area (Å²) >= 11 is 2.28. The van der Waals surface area contributed by atoms with Crippen LogP contribution in [0.5, 0.6) is 0 Å². The number of hydrogen-bond acceptors (Lipinski definition) is 4. The van der Waals surface area contributed by atoms with Crippen molar-refractivity contribution in [2.45, 2.75) is 6.42 Å².